The van der Waals surface area contributed by atoms with Gasteiger partial charge in [0.15, 0.2) is 0 Å². The zero-order valence-electron chi connectivity index (χ0n) is 9.85. The highest BCUT2D eigenvalue weighted by Gasteiger charge is 2.14. The molecular formula is C14H18O3. The molecule has 17 heavy (non-hydrogen) atoms. The van der Waals surface area contributed by atoms with Crippen LogP contribution in [0.5, 0.6) is 0 Å². The number of carboxylic acids is 1. The Morgan fingerprint density at radius 3 is 2.65 bits per heavy atom. The number of aliphatic hydroxyl groups is 1. The summed E-state index contributed by atoms with van der Waals surface area (Å²) < 4.78 is 0. The van der Waals surface area contributed by atoms with E-state index < -0.39 is 12.1 Å². The van der Waals surface area contributed by atoms with E-state index in [1.807, 2.05) is 12.1 Å². The number of carboxylic acid groups (broad SMARTS) is 1. The minimum absolute atomic E-state index is 0.0122. The minimum atomic E-state index is -0.859. The average molecular weight is 234 g/mol. The Labute approximate surface area is 101 Å². The van der Waals surface area contributed by atoms with Crippen LogP contribution in [-0.4, -0.2) is 16.2 Å². The number of hydrogen-bond acceptors (Lipinski definition) is 2. The van der Waals surface area contributed by atoms with Gasteiger partial charge in [0, 0.05) is 6.42 Å². The third kappa shape index (κ3) is 3.07. The highest BCUT2D eigenvalue weighted by Crippen LogP contribution is 2.26. The Hall–Kier alpha value is -1.35. The van der Waals surface area contributed by atoms with Crippen molar-refractivity contribution in [2.75, 3.05) is 0 Å². The highest BCUT2D eigenvalue weighted by atomic mass is 16.4. The predicted octanol–water partition coefficient (Wildman–Crippen LogP) is 2.46. The monoisotopic (exact) mass is 234 g/mol. The van der Waals surface area contributed by atoms with Gasteiger partial charge < -0.3 is 10.2 Å². The molecule has 1 aromatic rings. The van der Waals surface area contributed by atoms with E-state index in [1.54, 1.807) is 0 Å². The van der Waals surface area contributed by atoms with Gasteiger partial charge in [-0.2, -0.15) is 0 Å². The molecule has 3 heteroatoms. The SMILES string of the molecule is O=C(O)CCC(O)c1ccc2c(c1)CCCC2. The van der Waals surface area contributed by atoms with Gasteiger partial charge in [-0.1, -0.05) is 18.2 Å². The van der Waals surface area contributed by atoms with Crippen molar-refractivity contribution in [2.24, 2.45) is 0 Å². The van der Waals surface area contributed by atoms with Gasteiger partial charge >= 0.3 is 5.97 Å². The summed E-state index contributed by atoms with van der Waals surface area (Å²) in [6.45, 7) is 0. The number of fused-ring (bicyclic) bond motifs is 1. The summed E-state index contributed by atoms with van der Waals surface area (Å²) >= 11 is 0. The van der Waals surface area contributed by atoms with Crippen molar-refractivity contribution in [3.8, 4) is 0 Å². The molecule has 0 heterocycles. The maximum absolute atomic E-state index is 10.5. The van der Waals surface area contributed by atoms with Crippen LogP contribution in [0.4, 0.5) is 0 Å². The molecule has 1 aliphatic rings. The van der Waals surface area contributed by atoms with E-state index in [4.69, 9.17) is 5.11 Å². The lowest BCUT2D eigenvalue weighted by atomic mass is 9.89. The first-order chi connectivity index (χ1) is 8.16. The molecule has 0 saturated carbocycles. The van der Waals surface area contributed by atoms with Gasteiger partial charge in [0.25, 0.3) is 0 Å². The van der Waals surface area contributed by atoms with Gasteiger partial charge in [-0.25, -0.2) is 0 Å². The quantitative estimate of drug-likeness (QED) is 0.841. The predicted molar refractivity (Wildman–Crippen MR) is 64.9 cm³/mol. The molecule has 1 aliphatic carbocycles. The maximum Gasteiger partial charge on any atom is 0.303 e. The molecule has 0 radical (unpaired) electrons. The Morgan fingerprint density at radius 1 is 1.24 bits per heavy atom. The Morgan fingerprint density at radius 2 is 1.94 bits per heavy atom. The van der Waals surface area contributed by atoms with Crippen LogP contribution in [0.1, 0.15) is 48.5 Å². The van der Waals surface area contributed by atoms with Gasteiger partial charge in [0.1, 0.15) is 0 Å². The first kappa shape index (κ1) is 12.1. The van der Waals surface area contributed by atoms with Crippen LogP contribution in [0.2, 0.25) is 0 Å². The zero-order chi connectivity index (χ0) is 12.3. The number of aliphatic hydroxyl groups excluding tert-OH is 1. The van der Waals surface area contributed by atoms with E-state index in [2.05, 4.69) is 6.07 Å². The van der Waals surface area contributed by atoms with Gasteiger partial charge in [-0.15, -0.1) is 0 Å². The lowest BCUT2D eigenvalue weighted by Crippen LogP contribution is -2.06. The van der Waals surface area contributed by atoms with Gasteiger partial charge in [-0.05, 0) is 48.8 Å². The second-order valence-corrected chi connectivity index (χ2v) is 4.68. The normalized spacial score (nSPS) is 16.3. The number of benzene rings is 1. The lowest BCUT2D eigenvalue weighted by Gasteiger charge is -2.18. The van der Waals surface area contributed by atoms with E-state index in [1.165, 1.54) is 24.0 Å². The largest absolute Gasteiger partial charge is 0.481 e. The number of aryl methyl sites for hydroxylation is 2. The summed E-state index contributed by atoms with van der Waals surface area (Å²) in [6, 6.07) is 6.05. The average Bonchev–Trinajstić information content (AvgIpc) is 2.35. The third-order valence-electron chi connectivity index (χ3n) is 3.39. The fraction of sp³-hybridized carbons (Fsp3) is 0.500. The molecule has 0 aliphatic heterocycles. The number of rotatable bonds is 4. The topological polar surface area (TPSA) is 57.5 Å². The van der Waals surface area contributed by atoms with Crippen LogP contribution in [0.15, 0.2) is 18.2 Å². The molecule has 3 nitrogen and oxygen atoms in total. The number of aliphatic carboxylic acids is 1. The summed E-state index contributed by atoms with van der Waals surface area (Å²) in [4.78, 5) is 10.5. The molecule has 2 N–H and O–H groups in total. The Balaban J connectivity index is 2.08. The van der Waals surface area contributed by atoms with Crippen molar-refractivity contribution in [1.82, 2.24) is 0 Å². The summed E-state index contributed by atoms with van der Waals surface area (Å²) in [5.74, 6) is -0.859. The van der Waals surface area contributed by atoms with Crippen LogP contribution >= 0.6 is 0 Å². The van der Waals surface area contributed by atoms with E-state index in [0.29, 0.717) is 0 Å². The van der Waals surface area contributed by atoms with Crippen LogP contribution in [0.25, 0.3) is 0 Å². The van der Waals surface area contributed by atoms with E-state index in [0.717, 1.165) is 18.4 Å². The van der Waals surface area contributed by atoms with E-state index in [-0.39, 0.29) is 12.8 Å². The van der Waals surface area contributed by atoms with Crippen molar-refractivity contribution in [3.63, 3.8) is 0 Å². The lowest BCUT2D eigenvalue weighted by molar-refractivity contribution is -0.137. The summed E-state index contributed by atoms with van der Waals surface area (Å²) in [5.41, 5.74) is 3.56. The molecule has 1 aromatic carbocycles. The van der Waals surface area contributed by atoms with Gasteiger partial charge in [0.2, 0.25) is 0 Å². The van der Waals surface area contributed by atoms with Crippen LogP contribution in [-0.2, 0) is 17.6 Å². The third-order valence-corrected chi connectivity index (χ3v) is 3.39. The summed E-state index contributed by atoms with van der Waals surface area (Å²) in [5, 5.41) is 18.5. The van der Waals surface area contributed by atoms with Crippen molar-refractivity contribution in [1.29, 1.82) is 0 Å². The molecule has 0 saturated heterocycles. The summed E-state index contributed by atoms with van der Waals surface area (Å²) in [6.07, 6.45) is 4.30. The fourth-order valence-corrected chi connectivity index (χ4v) is 2.39. The summed E-state index contributed by atoms with van der Waals surface area (Å²) in [7, 11) is 0. The zero-order valence-corrected chi connectivity index (χ0v) is 9.85. The molecule has 1 unspecified atom stereocenters. The first-order valence-corrected chi connectivity index (χ1v) is 6.18. The molecule has 0 spiro atoms. The fourth-order valence-electron chi connectivity index (χ4n) is 2.39. The molecule has 1 atom stereocenters. The number of hydrogen-bond donors (Lipinski definition) is 2. The molecule has 0 bridgehead atoms. The van der Waals surface area contributed by atoms with Gasteiger partial charge in [0.05, 0.1) is 6.10 Å². The molecule has 0 fully saturated rings. The van der Waals surface area contributed by atoms with Crippen molar-refractivity contribution in [2.45, 2.75) is 44.6 Å². The Bertz CT molecular complexity index is 412. The van der Waals surface area contributed by atoms with Gasteiger partial charge in [-0.3, -0.25) is 4.79 Å². The standard InChI is InChI=1S/C14H18O3/c15-13(7-8-14(16)17)12-6-5-10-3-1-2-4-11(10)9-12/h5-6,9,13,15H,1-4,7-8H2,(H,16,17). The van der Waals surface area contributed by atoms with Crippen molar-refractivity contribution >= 4 is 5.97 Å². The van der Waals surface area contributed by atoms with Crippen LogP contribution in [0, 0.1) is 0 Å². The molecule has 0 aromatic heterocycles. The molecule has 0 amide bonds. The van der Waals surface area contributed by atoms with Crippen LogP contribution in [0.3, 0.4) is 0 Å². The smallest absolute Gasteiger partial charge is 0.303 e. The van der Waals surface area contributed by atoms with Crippen molar-refractivity contribution < 1.29 is 15.0 Å². The highest BCUT2D eigenvalue weighted by molar-refractivity contribution is 5.66. The maximum atomic E-state index is 10.5. The Kier molecular flexibility index (Phi) is 3.79. The van der Waals surface area contributed by atoms with Crippen molar-refractivity contribution in [3.05, 3.63) is 34.9 Å². The minimum Gasteiger partial charge on any atom is -0.481 e. The second kappa shape index (κ2) is 5.32. The molecule has 92 valence electrons. The molecule has 2 rings (SSSR count). The van der Waals surface area contributed by atoms with Crippen LogP contribution < -0.4 is 0 Å². The number of carbonyl (C=O) groups is 1. The second-order valence-electron chi connectivity index (χ2n) is 4.68. The first-order valence-electron chi connectivity index (χ1n) is 6.18. The van der Waals surface area contributed by atoms with E-state index in [9.17, 15) is 9.90 Å². The van der Waals surface area contributed by atoms with E-state index >= 15 is 0 Å². The molecular weight excluding hydrogens is 216 g/mol.